The number of allylic oxidation sites excluding steroid dienone is 2. The highest BCUT2D eigenvalue weighted by molar-refractivity contribution is 8.03. The predicted molar refractivity (Wildman–Crippen MR) is 132 cm³/mol. The number of fused-ring (bicyclic) bond motifs is 1. The number of nitrogens with zero attached hydrogens (tertiary/aromatic N) is 1. The van der Waals surface area contributed by atoms with Crippen molar-refractivity contribution in [3.05, 3.63) is 63.6 Å². The van der Waals surface area contributed by atoms with Gasteiger partial charge in [0.15, 0.2) is 9.84 Å². The van der Waals surface area contributed by atoms with E-state index >= 15 is 0 Å². The smallest absolute Gasteiger partial charge is 0.178 e. The Kier molecular flexibility index (Phi) is 6.60. The molecule has 9 heteroatoms. The third kappa shape index (κ3) is 4.07. The Balaban J connectivity index is 1.70. The second-order valence-corrected chi connectivity index (χ2v) is 13.2. The van der Waals surface area contributed by atoms with Crippen molar-refractivity contribution in [2.75, 3.05) is 12.4 Å². The maximum atomic E-state index is 12.1. The molecule has 5 nitrogen and oxygen atoms in total. The molecule has 0 saturated heterocycles. The van der Waals surface area contributed by atoms with Crippen molar-refractivity contribution < 1.29 is 13.5 Å². The summed E-state index contributed by atoms with van der Waals surface area (Å²) in [6.45, 7) is 5.54. The zero-order valence-electron chi connectivity index (χ0n) is 18.0. The summed E-state index contributed by atoms with van der Waals surface area (Å²) in [5, 5.41) is 13.3. The summed E-state index contributed by atoms with van der Waals surface area (Å²) in [6.07, 6.45) is 4.05. The van der Waals surface area contributed by atoms with Crippen LogP contribution in [0.25, 0.3) is 6.08 Å². The van der Waals surface area contributed by atoms with Gasteiger partial charge in [0.2, 0.25) is 0 Å². The quantitative estimate of drug-likeness (QED) is 0.516. The number of H-pyrrole nitrogens is 1. The lowest BCUT2D eigenvalue weighted by atomic mass is 9.75. The maximum Gasteiger partial charge on any atom is 0.178 e. The van der Waals surface area contributed by atoms with E-state index in [1.807, 2.05) is 13.0 Å². The monoisotopic (exact) mass is 512 g/mol. The number of thioether (sulfide) groups is 1. The molecule has 0 spiro atoms. The van der Waals surface area contributed by atoms with E-state index in [1.165, 1.54) is 0 Å². The van der Waals surface area contributed by atoms with E-state index in [0.29, 0.717) is 21.8 Å². The van der Waals surface area contributed by atoms with Gasteiger partial charge in [0, 0.05) is 16.2 Å². The van der Waals surface area contributed by atoms with Crippen LogP contribution in [0.5, 0.6) is 0 Å². The largest absolute Gasteiger partial charge is 0.395 e. The van der Waals surface area contributed by atoms with E-state index in [2.05, 4.69) is 23.4 Å². The highest BCUT2D eigenvalue weighted by atomic mass is 35.5. The summed E-state index contributed by atoms with van der Waals surface area (Å²) in [4.78, 5) is 7.56. The third-order valence-electron chi connectivity index (χ3n) is 6.43. The van der Waals surface area contributed by atoms with Crippen molar-refractivity contribution in [1.82, 2.24) is 9.97 Å². The van der Waals surface area contributed by atoms with Gasteiger partial charge in [-0.15, -0.1) is 23.4 Å². The minimum absolute atomic E-state index is 0.0382. The van der Waals surface area contributed by atoms with Gasteiger partial charge in [-0.2, -0.15) is 0 Å². The van der Waals surface area contributed by atoms with Crippen molar-refractivity contribution in [3.63, 3.8) is 0 Å². The van der Waals surface area contributed by atoms with Crippen LogP contribution in [0.15, 0.2) is 45.7 Å². The number of halogens is 2. The van der Waals surface area contributed by atoms with Crippen LogP contribution in [0.4, 0.5) is 0 Å². The fourth-order valence-corrected chi connectivity index (χ4v) is 7.31. The third-order valence-corrected chi connectivity index (χ3v) is 10.00. The van der Waals surface area contributed by atoms with Crippen molar-refractivity contribution in [3.8, 4) is 0 Å². The number of aromatic amines is 1. The molecule has 0 bridgehead atoms. The number of rotatable bonds is 6. The van der Waals surface area contributed by atoms with E-state index < -0.39 is 20.6 Å². The number of sulfone groups is 1. The second-order valence-electron chi connectivity index (χ2n) is 8.42. The lowest BCUT2D eigenvalue weighted by molar-refractivity contribution is 0.277. The summed E-state index contributed by atoms with van der Waals surface area (Å²) in [5.74, 6) is 0.249. The minimum atomic E-state index is -3.29. The number of aliphatic hydroxyl groups is 1. The molecular formula is C23H26Cl2N2O3S2. The van der Waals surface area contributed by atoms with Crippen LogP contribution in [-0.2, 0) is 14.7 Å². The average Bonchev–Trinajstić information content (AvgIpc) is 3.36. The summed E-state index contributed by atoms with van der Waals surface area (Å²) in [5.41, 5.74) is 2.22. The van der Waals surface area contributed by atoms with Crippen LogP contribution in [-0.4, -0.2) is 41.1 Å². The molecule has 0 amide bonds. The molecule has 1 aliphatic carbocycles. The molecule has 2 N–H and O–H groups in total. The van der Waals surface area contributed by atoms with Crippen molar-refractivity contribution in [2.24, 2.45) is 11.8 Å². The molecule has 5 atom stereocenters. The molecule has 0 saturated carbocycles. The fraction of sp³-hybridized carbons (Fsp3) is 0.435. The summed E-state index contributed by atoms with van der Waals surface area (Å²) in [7, 11) is -3.29. The molecule has 2 aromatic rings. The normalized spacial score (nSPS) is 28.4. The molecule has 2 aliphatic rings. The first kappa shape index (κ1) is 23.9. The zero-order valence-corrected chi connectivity index (χ0v) is 21.2. The molecule has 5 unspecified atom stereocenters. The van der Waals surface area contributed by atoms with Gasteiger partial charge in [0.05, 0.1) is 39.4 Å². The van der Waals surface area contributed by atoms with Gasteiger partial charge in [0.1, 0.15) is 5.82 Å². The molecule has 1 aromatic heterocycles. The number of hydrogen-bond acceptors (Lipinski definition) is 5. The maximum absolute atomic E-state index is 12.1. The second kappa shape index (κ2) is 8.84. The lowest BCUT2D eigenvalue weighted by Gasteiger charge is -2.38. The Hall–Kier alpha value is -1.25. The summed E-state index contributed by atoms with van der Waals surface area (Å²) in [6, 6.07) is 6.59. The molecule has 172 valence electrons. The van der Waals surface area contributed by atoms with E-state index in [4.69, 9.17) is 28.2 Å². The minimum Gasteiger partial charge on any atom is -0.395 e. The predicted octanol–water partition coefficient (Wildman–Crippen LogP) is 5.26. The molecule has 2 heterocycles. The molecule has 0 radical (unpaired) electrons. The average molecular weight is 514 g/mol. The highest BCUT2D eigenvalue weighted by Gasteiger charge is 2.48. The van der Waals surface area contributed by atoms with Crippen LogP contribution in [0.1, 0.15) is 49.5 Å². The van der Waals surface area contributed by atoms with E-state index in [9.17, 15) is 13.5 Å². The SMILES string of the molecule is CCS(=O)(=O)c1ccc(C(CO)c2nc3c([nH]2)C=C(Cl)C(C2C=CSC2C)C3(C)Cl)cc1. The lowest BCUT2D eigenvalue weighted by Crippen LogP contribution is -2.37. The van der Waals surface area contributed by atoms with Gasteiger partial charge in [-0.05, 0) is 42.0 Å². The van der Waals surface area contributed by atoms with Crippen LogP contribution >= 0.6 is 35.0 Å². The Morgan fingerprint density at radius 1 is 1.31 bits per heavy atom. The van der Waals surface area contributed by atoms with Crippen LogP contribution < -0.4 is 0 Å². The molecule has 0 fully saturated rings. The first-order valence-corrected chi connectivity index (χ1v) is 13.9. The number of hydrogen-bond donors (Lipinski definition) is 2. The van der Waals surface area contributed by atoms with Gasteiger partial charge in [-0.25, -0.2) is 13.4 Å². The Bertz CT molecular complexity index is 1170. The van der Waals surface area contributed by atoms with Gasteiger partial charge < -0.3 is 10.1 Å². The molecule has 1 aromatic carbocycles. The summed E-state index contributed by atoms with van der Waals surface area (Å²) < 4.78 is 24.2. The number of alkyl halides is 1. The molecule has 32 heavy (non-hydrogen) atoms. The first-order valence-electron chi connectivity index (χ1n) is 10.5. The molecular weight excluding hydrogens is 487 g/mol. The Labute approximate surface area is 203 Å². The van der Waals surface area contributed by atoms with Gasteiger partial charge in [0.25, 0.3) is 0 Å². The van der Waals surface area contributed by atoms with Gasteiger partial charge in [-0.3, -0.25) is 0 Å². The first-order chi connectivity index (χ1) is 15.1. The number of nitrogens with one attached hydrogen (secondary N) is 1. The number of imidazole rings is 1. The van der Waals surface area contributed by atoms with Crippen molar-refractivity contribution >= 4 is 50.9 Å². The Morgan fingerprint density at radius 2 is 2.00 bits per heavy atom. The standard InChI is InChI=1S/C23H26Cl2N2O3S2/c1-4-32(29,30)15-7-5-14(6-8-15)17(12-28)22-26-19-11-18(24)20(16-9-10-31-13(16)2)23(3,25)21(19)27-22/h5-11,13,16-17,20,28H,4,12H2,1-3H3,(H,26,27). The van der Waals surface area contributed by atoms with E-state index in [1.54, 1.807) is 43.0 Å². The molecule has 1 aliphatic heterocycles. The van der Waals surface area contributed by atoms with Crippen LogP contribution in [0.3, 0.4) is 0 Å². The van der Waals surface area contributed by atoms with Crippen LogP contribution in [0, 0.1) is 11.8 Å². The topological polar surface area (TPSA) is 83.1 Å². The van der Waals surface area contributed by atoms with Gasteiger partial charge >= 0.3 is 0 Å². The van der Waals surface area contributed by atoms with Gasteiger partial charge in [-0.1, -0.05) is 43.7 Å². The molecule has 4 rings (SSSR count). The zero-order chi connectivity index (χ0) is 23.3. The highest BCUT2D eigenvalue weighted by Crippen LogP contribution is 2.53. The van der Waals surface area contributed by atoms with Crippen molar-refractivity contribution in [1.29, 1.82) is 0 Å². The Morgan fingerprint density at radius 3 is 2.56 bits per heavy atom. The van der Waals surface area contributed by atoms with Crippen LogP contribution in [0.2, 0.25) is 0 Å². The number of aromatic nitrogens is 2. The summed E-state index contributed by atoms with van der Waals surface area (Å²) >= 11 is 15.6. The van der Waals surface area contributed by atoms with E-state index in [0.717, 1.165) is 11.3 Å². The number of benzene rings is 1. The number of aliphatic hydroxyl groups excluding tert-OH is 1. The van der Waals surface area contributed by atoms with E-state index in [-0.39, 0.29) is 29.1 Å². The van der Waals surface area contributed by atoms with Crippen molar-refractivity contribution in [2.45, 2.75) is 41.7 Å². The fourth-order valence-electron chi connectivity index (χ4n) is 4.54.